The van der Waals surface area contributed by atoms with E-state index in [1.165, 1.54) is 5.56 Å². The summed E-state index contributed by atoms with van der Waals surface area (Å²) in [7, 11) is 0. The molecule has 2 nitrogen and oxygen atoms in total. The fourth-order valence-electron chi connectivity index (χ4n) is 1.39. The first-order valence-electron chi connectivity index (χ1n) is 5.80. The fourth-order valence-corrected chi connectivity index (χ4v) is 1.51. The average Bonchev–Trinajstić information content (AvgIpc) is 2.29. The molecule has 0 saturated carbocycles. The van der Waals surface area contributed by atoms with Gasteiger partial charge in [-0.15, -0.1) is 11.6 Å². The highest BCUT2D eigenvalue weighted by molar-refractivity contribution is 6.19. The van der Waals surface area contributed by atoms with Crippen LogP contribution < -0.4 is 5.32 Å². The summed E-state index contributed by atoms with van der Waals surface area (Å²) >= 11 is 5.78. The van der Waals surface area contributed by atoms with Gasteiger partial charge in [0.05, 0.1) is 11.5 Å². The molecule has 0 aromatic heterocycles. The molecule has 1 aromatic rings. The van der Waals surface area contributed by atoms with Crippen LogP contribution in [0.3, 0.4) is 0 Å². The van der Waals surface area contributed by atoms with Crippen molar-refractivity contribution in [2.75, 3.05) is 5.88 Å². The lowest BCUT2D eigenvalue weighted by Gasteiger charge is -2.24. The first kappa shape index (κ1) is 14.0. The smallest absolute Gasteiger partial charge is 0.227 e. The molecule has 0 heterocycles. The molecule has 0 radical (unpaired) electrons. The summed E-state index contributed by atoms with van der Waals surface area (Å²) < 4.78 is 0. The number of hydrogen-bond acceptors (Lipinski definition) is 1. The second kappa shape index (κ2) is 5.54. The van der Waals surface area contributed by atoms with Gasteiger partial charge in [-0.25, -0.2) is 0 Å². The van der Waals surface area contributed by atoms with E-state index in [2.05, 4.69) is 5.32 Å². The molecule has 0 aliphatic rings. The van der Waals surface area contributed by atoms with Gasteiger partial charge in [0.1, 0.15) is 0 Å². The zero-order valence-electron chi connectivity index (χ0n) is 10.9. The molecule has 1 rings (SSSR count). The van der Waals surface area contributed by atoms with Gasteiger partial charge < -0.3 is 5.32 Å². The van der Waals surface area contributed by atoms with E-state index in [4.69, 9.17) is 11.6 Å². The van der Waals surface area contributed by atoms with Gasteiger partial charge >= 0.3 is 0 Å². The number of carbonyl (C=O) groups excluding carboxylic acids is 1. The van der Waals surface area contributed by atoms with Crippen LogP contribution in [0.25, 0.3) is 0 Å². The summed E-state index contributed by atoms with van der Waals surface area (Å²) in [6, 6.07) is 8.17. The van der Waals surface area contributed by atoms with Crippen molar-refractivity contribution < 1.29 is 4.79 Å². The highest BCUT2D eigenvalue weighted by atomic mass is 35.5. The molecule has 0 saturated heterocycles. The lowest BCUT2D eigenvalue weighted by atomic mass is 9.94. The van der Waals surface area contributed by atoms with Crippen LogP contribution in [0.15, 0.2) is 24.3 Å². The number of amides is 1. The van der Waals surface area contributed by atoms with Crippen molar-refractivity contribution in [1.29, 1.82) is 0 Å². The topological polar surface area (TPSA) is 29.1 Å². The van der Waals surface area contributed by atoms with Gasteiger partial charge in [0.15, 0.2) is 0 Å². The van der Waals surface area contributed by atoms with E-state index in [9.17, 15) is 4.79 Å². The Morgan fingerprint density at radius 2 is 1.88 bits per heavy atom. The Hall–Kier alpha value is -1.02. The molecule has 1 N–H and O–H groups in total. The highest BCUT2D eigenvalue weighted by Crippen LogP contribution is 2.20. The van der Waals surface area contributed by atoms with Crippen LogP contribution in [0.1, 0.15) is 37.9 Å². The number of rotatable bonds is 4. The summed E-state index contributed by atoms with van der Waals surface area (Å²) in [6.45, 7) is 7.71. The highest BCUT2D eigenvalue weighted by Gasteiger charge is 2.27. The summed E-state index contributed by atoms with van der Waals surface area (Å²) in [6.07, 6.45) is 0. The molecule has 3 heteroatoms. The van der Waals surface area contributed by atoms with Crippen molar-refractivity contribution in [2.45, 2.75) is 33.7 Å². The Kier molecular flexibility index (Phi) is 4.58. The van der Waals surface area contributed by atoms with Crippen molar-refractivity contribution in [2.24, 2.45) is 5.41 Å². The van der Waals surface area contributed by atoms with Crippen molar-refractivity contribution in [3.05, 3.63) is 35.4 Å². The summed E-state index contributed by atoms with van der Waals surface area (Å²) in [5.74, 6) is 0.306. The number of hydrogen-bond donors (Lipinski definition) is 1. The summed E-state index contributed by atoms with van der Waals surface area (Å²) in [5, 5.41) is 2.98. The van der Waals surface area contributed by atoms with Crippen LogP contribution >= 0.6 is 11.6 Å². The van der Waals surface area contributed by atoms with E-state index in [0.717, 1.165) is 5.56 Å². The van der Waals surface area contributed by atoms with Gasteiger partial charge in [-0.1, -0.05) is 29.8 Å². The quantitative estimate of drug-likeness (QED) is 0.819. The van der Waals surface area contributed by atoms with E-state index in [1.807, 2.05) is 52.0 Å². The van der Waals surface area contributed by atoms with Crippen molar-refractivity contribution in [3.63, 3.8) is 0 Å². The number of nitrogens with one attached hydrogen (secondary N) is 1. The zero-order chi connectivity index (χ0) is 13.1. The van der Waals surface area contributed by atoms with Crippen LogP contribution in [0.4, 0.5) is 0 Å². The van der Waals surface area contributed by atoms with E-state index in [0.29, 0.717) is 5.88 Å². The lowest BCUT2D eigenvalue weighted by molar-refractivity contribution is -0.129. The SMILES string of the molecule is Cc1ccc(C(C)NC(=O)C(C)(C)CCl)cc1. The Bertz CT molecular complexity index is 384. The zero-order valence-corrected chi connectivity index (χ0v) is 11.6. The molecule has 94 valence electrons. The van der Waals surface area contributed by atoms with E-state index < -0.39 is 5.41 Å². The second-order valence-corrected chi connectivity index (χ2v) is 5.39. The number of halogens is 1. The van der Waals surface area contributed by atoms with Crippen molar-refractivity contribution >= 4 is 17.5 Å². The normalized spacial score (nSPS) is 13.2. The van der Waals surface area contributed by atoms with Crippen molar-refractivity contribution in [1.82, 2.24) is 5.32 Å². The van der Waals surface area contributed by atoms with Crippen molar-refractivity contribution in [3.8, 4) is 0 Å². The minimum absolute atomic E-state index is 0.00518. The molecule has 1 amide bonds. The van der Waals surface area contributed by atoms with Crippen LogP contribution in [-0.2, 0) is 4.79 Å². The Balaban J connectivity index is 2.70. The number of alkyl halides is 1. The maximum absolute atomic E-state index is 12.0. The third-order valence-corrected chi connectivity index (χ3v) is 3.54. The van der Waals surface area contributed by atoms with Gasteiger partial charge in [0, 0.05) is 5.88 Å². The van der Waals surface area contributed by atoms with E-state index in [1.54, 1.807) is 0 Å². The van der Waals surface area contributed by atoms with Gasteiger partial charge in [0.25, 0.3) is 0 Å². The van der Waals surface area contributed by atoms with Gasteiger partial charge in [-0.05, 0) is 33.3 Å². The van der Waals surface area contributed by atoms with Gasteiger partial charge in [0.2, 0.25) is 5.91 Å². The third-order valence-electron chi connectivity index (χ3n) is 2.87. The Morgan fingerprint density at radius 1 is 1.35 bits per heavy atom. The predicted octanol–water partition coefficient (Wildman–Crippen LogP) is 3.44. The fraction of sp³-hybridized carbons (Fsp3) is 0.500. The molecule has 1 unspecified atom stereocenters. The standard InChI is InChI=1S/C14H20ClNO/c1-10-5-7-12(8-6-10)11(2)16-13(17)14(3,4)9-15/h5-8,11H,9H2,1-4H3,(H,16,17). The van der Waals surface area contributed by atoms with E-state index >= 15 is 0 Å². The second-order valence-electron chi connectivity index (χ2n) is 5.12. The van der Waals surface area contributed by atoms with E-state index in [-0.39, 0.29) is 11.9 Å². The van der Waals surface area contributed by atoms with Gasteiger partial charge in [-0.3, -0.25) is 4.79 Å². The molecule has 0 bridgehead atoms. The van der Waals surface area contributed by atoms with Crippen LogP contribution in [0.2, 0.25) is 0 Å². The van der Waals surface area contributed by atoms with Gasteiger partial charge in [-0.2, -0.15) is 0 Å². The number of aryl methyl sites for hydroxylation is 1. The number of carbonyl (C=O) groups is 1. The largest absolute Gasteiger partial charge is 0.349 e. The maximum atomic E-state index is 12.0. The monoisotopic (exact) mass is 253 g/mol. The molecule has 0 aliphatic carbocycles. The molecule has 0 spiro atoms. The third kappa shape index (κ3) is 3.74. The molecular weight excluding hydrogens is 234 g/mol. The molecule has 17 heavy (non-hydrogen) atoms. The lowest BCUT2D eigenvalue weighted by Crippen LogP contribution is -2.39. The Morgan fingerprint density at radius 3 is 2.35 bits per heavy atom. The van der Waals surface area contributed by atoms with Crippen LogP contribution in [0.5, 0.6) is 0 Å². The maximum Gasteiger partial charge on any atom is 0.227 e. The molecule has 1 atom stereocenters. The Labute approximate surface area is 108 Å². The summed E-state index contributed by atoms with van der Waals surface area (Å²) in [4.78, 5) is 12.0. The molecule has 0 aliphatic heterocycles. The molecular formula is C14H20ClNO. The minimum Gasteiger partial charge on any atom is -0.349 e. The predicted molar refractivity (Wildman–Crippen MR) is 72.2 cm³/mol. The first-order chi connectivity index (χ1) is 7.86. The average molecular weight is 254 g/mol. The minimum atomic E-state index is -0.527. The molecule has 0 fully saturated rings. The first-order valence-corrected chi connectivity index (χ1v) is 6.34. The summed E-state index contributed by atoms with van der Waals surface area (Å²) in [5.41, 5.74) is 1.79. The van der Waals surface area contributed by atoms with Crippen LogP contribution in [-0.4, -0.2) is 11.8 Å². The number of benzene rings is 1. The van der Waals surface area contributed by atoms with Crippen LogP contribution in [0, 0.1) is 12.3 Å². The molecule has 1 aromatic carbocycles.